The fourth-order valence-corrected chi connectivity index (χ4v) is 0.944. The quantitative estimate of drug-likeness (QED) is 0.697. The van der Waals surface area contributed by atoms with Gasteiger partial charge in [-0.15, -0.1) is 20.4 Å². The van der Waals surface area contributed by atoms with Crippen molar-refractivity contribution in [1.29, 1.82) is 0 Å². The topological polar surface area (TPSA) is 98.1 Å². The van der Waals surface area contributed by atoms with Gasteiger partial charge in [-0.25, -0.2) is 0 Å². The molecule has 0 saturated carbocycles. The summed E-state index contributed by atoms with van der Waals surface area (Å²) in [6.07, 6.45) is 0.448. The van der Waals surface area contributed by atoms with Gasteiger partial charge >= 0.3 is 0 Å². The molecule has 0 fully saturated rings. The largest absolute Gasteiger partial charge is 0.182 e. The van der Waals surface area contributed by atoms with Gasteiger partial charge in [-0.05, 0) is 19.1 Å². The molecule has 0 bridgehead atoms. The first-order valence-electron chi connectivity index (χ1n) is 4.26. The third-order valence-corrected chi connectivity index (χ3v) is 1.64. The van der Waals surface area contributed by atoms with E-state index in [0.29, 0.717) is 18.1 Å². The summed E-state index contributed by atoms with van der Waals surface area (Å²) < 4.78 is 0. The van der Waals surface area contributed by atoms with Gasteiger partial charge in [0.1, 0.15) is 0 Å². The zero-order chi connectivity index (χ0) is 9.97. The van der Waals surface area contributed by atoms with Gasteiger partial charge in [0.2, 0.25) is 0 Å². The number of H-pyrrole nitrogens is 1. The summed E-state index contributed by atoms with van der Waals surface area (Å²) in [5.41, 5.74) is 0. The third kappa shape index (κ3) is 1.73. The second-order valence-electron chi connectivity index (χ2n) is 3.12. The Morgan fingerprint density at radius 3 is 2.71 bits per heavy atom. The smallest absolute Gasteiger partial charge is 0.177 e. The summed E-state index contributed by atoms with van der Waals surface area (Å²) in [7, 11) is 0. The lowest BCUT2D eigenvalue weighted by atomic mass is 10.4. The molecule has 2 rings (SSSR count). The summed E-state index contributed by atoms with van der Waals surface area (Å²) in [5.74, 6) is 1.16. The van der Waals surface area contributed by atoms with Crippen LogP contribution in [0.1, 0.15) is 31.5 Å². The highest BCUT2D eigenvalue weighted by molar-refractivity contribution is 4.92. The number of tetrazole rings is 2. The Labute approximate surface area is 79.7 Å². The fraction of sp³-hybridized carbons (Fsp3) is 0.667. The molecule has 8 nitrogen and oxygen atoms in total. The van der Waals surface area contributed by atoms with Crippen LogP contribution in [-0.2, 0) is 6.42 Å². The summed E-state index contributed by atoms with van der Waals surface area (Å²) in [6, 6.07) is 0.210. The van der Waals surface area contributed by atoms with Crippen LogP contribution < -0.4 is 0 Å². The van der Waals surface area contributed by atoms with Gasteiger partial charge in [0.15, 0.2) is 11.6 Å². The van der Waals surface area contributed by atoms with E-state index in [2.05, 4.69) is 36.0 Å². The van der Waals surface area contributed by atoms with E-state index in [4.69, 9.17) is 0 Å². The molecule has 0 spiro atoms. The van der Waals surface area contributed by atoms with Crippen molar-refractivity contribution in [3.05, 3.63) is 11.6 Å². The van der Waals surface area contributed by atoms with Gasteiger partial charge in [0.25, 0.3) is 0 Å². The van der Waals surface area contributed by atoms with Gasteiger partial charge < -0.3 is 0 Å². The lowest BCUT2D eigenvalue weighted by molar-refractivity contribution is 0.453. The average Bonchev–Trinajstić information content (AvgIpc) is 2.75. The van der Waals surface area contributed by atoms with Crippen molar-refractivity contribution >= 4 is 0 Å². The molecule has 0 saturated heterocycles. The number of aromatic amines is 1. The molecule has 0 atom stereocenters. The van der Waals surface area contributed by atoms with Gasteiger partial charge in [0.05, 0.1) is 12.5 Å². The number of aromatic nitrogens is 8. The van der Waals surface area contributed by atoms with Crippen LogP contribution in [0, 0.1) is 0 Å². The maximum absolute atomic E-state index is 4.16. The van der Waals surface area contributed by atoms with Gasteiger partial charge in [-0.1, -0.05) is 5.21 Å². The van der Waals surface area contributed by atoms with Crippen molar-refractivity contribution in [3.8, 4) is 0 Å². The van der Waals surface area contributed by atoms with E-state index < -0.39 is 0 Å². The molecule has 8 heteroatoms. The Hall–Kier alpha value is -1.86. The van der Waals surface area contributed by atoms with Crippen LogP contribution in [0.5, 0.6) is 0 Å². The number of nitrogens with zero attached hydrogens (tertiary/aromatic N) is 7. The number of rotatable bonds is 3. The number of hydrogen-bond donors (Lipinski definition) is 1. The Kier molecular flexibility index (Phi) is 2.17. The molecule has 0 amide bonds. The highest BCUT2D eigenvalue weighted by Gasteiger charge is 2.08. The summed E-state index contributed by atoms with van der Waals surface area (Å²) >= 11 is 0. The molecule has 74 valence electrons. The minimum absolute atomic E-state index is 0.210. The van der Waals surface area contributed by atoms with Gasteiger partial charge in [-0.3, -0.25) is 0 Å². The predicted molar refractivity (Wildman–Crippen MR) is 45.2 cm³/mol. The maximum Gasteiger partial charge on any atom is 0.182 e. The standard InChI is InChI=1S/C6H10N8/c1-4(2)14-10-6(9-13-14)3-5-7-11-12-8-5/h4H,3H2,1-2H3,(H,7,8,11,12). The van der Waals surface area contributed by atoms with Crippen LogP contribution in [0.4, 0.5) is 0 Å². The summed E-state index contributed by atoms with van der Waals surface area (Å²) in [4.78, 5) is 1.55. The molecule has 2 aromatic heterocycles. The highest BCUT2D eigenvalue weighted by Crippen LogP contribution is 2.00. The first kappa shape index (κ1) is 8.73. The molecule has 0 radical (unpaired) electrons. The van der Waals surface area contributed by atoms with E-state index in [0.717, 1.165) is 0 Å². The molecule has 2 aromatic rings. The monoisotopic (exact) mass is 194 g/mol. The van der Waals surface area contributed by atoms with Crippen LogP contribution in [0.2, 0.25) is 0 Å². The Balaban J connectivity index is 2.11. The van der Waals surface area contributed by atoms with Crippen LogP contribution in [-0.4, -0.2) is 40.8 Å². The first-order valence-corrected chi connectivity index (χ1v) is 4.26. The number of nitrogens with one attached hydrogen (secondary N) is 1. The first-order chi connectivity index (χ1) is 6.75. The molecule has 2 heterocycles. The van der Waals surface area contributed by atoms with Crippen LogP contribution in [0.15, 0.2) is 0 Å². The fourth-order valence-electron chi connectivity index (χ4n) is 0.944. The van der Waals surface area contributed by atoms with Crippen molar-refractivity contribution < 1.29 is 0 Å². The summed E-state index contributed by atoms with van der Waals surface area (Å²) in [6.45, 7) is 3.97. The number of hydrogen-bond acceptors (Lipinski definition) is 6. The van der Waals surface area contributed by atoms with E-state index in [-0.39, 0.29) is 6.04 Å². The normalized spacial score (nSPS) is 11.1. The van der Waals surface area contributed by atoms with Gasteiger partial charge in [-0.2, -0.15) is 10.0 Å². The van der Waals surface area contributed by atoms with Crippen LogP contribution in [0.25, 0.3) is 0 Å². The minimum atomic E-state index is 0.210. The van der Waals surface area contributed by atoms with Crippen LogP contribution in [0.3, 0.4) is 0 Å². The zero-order valence-electron chi connectivity index (χ0n) is 7.91. The van der Waals surface area contributed by atoms with E-state index in [9.17, 15) is 0 Å². The van der Waals surface area contributed by atoms with E-state index in [1.165, 1.54) is 0 Å². The summed E-state index contributed by atoms with van der Waals surface area (Å²) in [5, 5.41) is 25.3. The molecule has 0 aliphatic rings. The van der Waals surface area contributed by atoms with Crippen molar-refractivity contribution in [2.75, 3.05) is 0 Å². The maximum atomic E-state index is 4.16. The van der Waals surface area contributed by atoms with Gasteiger partial charge in [0, 0.05) is 0 Å². The second-order valence-corrected chi connectivity index (χ2v) is 3.12. The van der Waals surface area contributed by atoms with Crippen LogP contribution >= 0.6 is 0 Å². The molecule has 14 heavy (non-hydrogen) atoms. The third-order valence-electron chi connectivity index (χ3n) is 1.64. The Bertz CT molecular complexity index is 388. The van der Waals surface area contributed by atoms with Crippen molar-refractivity contribution in [2.45, 2.75) is 26.3 Å². The zero-order valence-corrected chi connectivity index (χ0v) is 7.91. The lowest BCUT2D eigenvalue weighted by Crippen LogP contribution is -2.05. The van der Waals surface area contributed by atoms with E-state index in [1.54, 1.807) is 4.80 Å². The molecular formula is C6H10N8. The molecule has 0 aliphatic carbocycles. The second kappa shape index (κ2) is 3.48. The van der Waals surface area contributed by atoms with E-state index >= 15 is 0 Å². The Morgan fingerprint density at radius 1 is 1.29 bits per heavy atom. The molecule has 0 aromatic carbocycles. The van der Waals surface area contributed by atoms with Crippen molar-refractivity contribution in [1.82, 2.24) is 40.8 Å². The van der Waals surface area contributed by atoms with E-state index in [1.807, 2.05) is 13.8 Å². The SMILES string of the molecule is CC(C)n1nnc(Cc2nn[nH]n2)n1. The Morgan fingerprint density at radius 2 is 2.14 bits per heavy atom. The van der Waals surface area contributed by atoms with Crippen molar-refractivity contribution in [2.24, 2.45) is 0 Å². The molecular weight excluding hydrogens is 184 g/mol. The average molecular weight is 194 g/mol. The molecule has 0 unspecified atom stereocenters. The molecule has 0 aliphatic heterocycles. The predicted octanol–water partition coefficient (Wildman–Crippen LogP) is -0.642. The molecule has 1 N–H and O–H groups in total. The van der Waals surface area contributed by atoms with Crippen molar-refractivity contribution in [3.63, 3.8) is 0 Å². The lowest BCUT2D eigenvalue weighted by Gasteiger charge is -1.98. The minimum Gasteiger partial charge on any atom is -0.177 e. The highest BCUT2D eigenvalue weighted by atomic mass is 15.6.